The summed E-state index contributed by atoms with van der Waals surface area (Å²) in [5.74, 6) is -1.92. The number of nitrogens with one attached hydrogen (secondary N) is 1. The molecule has 1 atom stereocenters. The van der Waals surface area contributed by atoms with Crippen molar-refractivity contribution in [3.05, 3.63) is 53.6 Å². The van der Waals surface area contributed by atoms with Gasteiger partial charge >= 0.3 is 12.1 Å². The third kappa shape index (κ3) is 4.45. The van der Waals surface area contributed by atoms with E-state index in [1.54, 1.807) is 0 Å². The molecule has 1 aliphatic heterocycles. The lowest BCUT2D eigenvalue weighted by molar-refractivity contribution is -0.137. The summed E-state index contributed by atoms with van der Waals surface area (Å²) in [4.78, 5) is 35.9. The van der Waals surface area contributed by atoms with Crippen molar-refractivity contribution in [2.75, 3.05) is 5.32 Å². The van der Waals surface area contributed by atoms with Crippen LogP contribution in [0.4, 0.5) is 18.9 Å². The number of primary amides is 1. The van der Waals surface area contributed by atoms with Crippen molar-refractivity contribution in [2.45, 2.75) is 22.7 Å². The summed E-state index contributed by atoms with van der Waals surface area (Å²) in [6.07, 6.45) is -4.83. The molecule has 0 aromatic heterocycles. The summed E-state index contributed by atoms with van der Waals surface area (Å²) in [5, 5.41) is 1.52. The van der Waals surface area contributed by atoms with E-state index in [4.69, 9.17) is 10.5 Å². The van der Waals surface area contributed by atoms with Gasteiger partial charge < -0.3 is 15.8 Å². The Morgan fingerprint density at radius 3 is 2.61 bits per heavy atom. The molecule has 0 radical (unpaired) electrons. The summed E-state index contributed by atoms with van der Waals surface area (Å²) in [5.41, 5.74) is 4.48. The van der Waals surface area contributed by atoms with Gasteiger partial charge in [0.15, 0.2) is 0 Å². The van der Waals surface area contributed by atoms with Crippen LogP contribution in [0.1, 0.15) is 22.3 Å². The molecule has 0 saturated carbocycles. The molecule has 28 heavy (non-hydrogen) atoms. The van der Waals surface area contributed by atoms with Crippen LogP contribution < -0.4 is 15.8 Å². The first kappa shape index (κ1) is 19.7. The van der Waals surface area contributed by atoms with Crippen LogP contribution in [0, 0.1) is 0 Å². The highest BCUT2D eigenvalue weighted by Crippen LogP contribution is 2.40. The summed E-state index contributed by atoms with van der Waals surface area (Å²) in [7, 11) is 0. The second-order valence-corrected chi connectivity index (χ2v) is 7.12. The van der Waals surface area contributed by atoms with Crippen molar-refractivity contribution in [1.29, 1.82) is 0 Å². The Kier molecular flexibility index (Phi) is 5.32. The number of anilines is 1. The number of hydrogen-bond donors (Lipinski definition) is 2. The number of fused-ring (bicyclic) bond motifs is 1. The number of esters is 1. The molecular weight excluding hydrogens is 397 g/mol. The minimum atomic E-state index is -4.52. The van der Waals surface area contributed by atoms with Crippen molar-refractivity contribution < 1.29 is 32.3 Å². The smallest absolute Gasteiger partial charge is 0.416 e. The summed E-state index contributed by atoms with van der Waals surface area (Å²) < 4.78 is 43.5. The zero-order valence-corrected chi connectivity index (χ0v) is 14.9. The Morgan fingerprint density at radius 1 is 1.18 bits per heavy atom. The molecule has 0 fully saturated rings. The molecule has 0 bridgehead atoms. The van der Waals surface area contributed by atoms with Gasteiger partial charge in [0.2, 0.25) is 11.8 Å². The maximum atomic E-state index is 12.8. The predicted octanol–water partition coefficient (Wildman–Crippen LogP) is 3.21. The number of carbonyl (C=O) groups excluding carboxylic acids is 3. The molecule has 3 N–H and O–H groups in total. The topological polar surface area (TPSA) is 98.5 Å². The Balaban J connectivity index is 1.69. The largest absolute Gasteiger partial charge is 0.426 e. The van der Waals surface area contributed by atoms with Gasteiger partial charge in [-0.1, -0.05) is 6.07 Å². The van der Waals surface area contributed by atoms with Crippen LogP contribution in [0.25, 0.3) is 0 Å². The number of carbonyl (C=O) groups is 3. The first-order valence-electron chi connectivity index (χ1n) is 7.93. The average Bonchev–Trinajstić information content (AvgIpc) is 2.61. The van der Waals surface area contributed by atoms with Gasteiger partial charge in [-0.2, -0.15) is 13.2 Å². The van der Waals surface area contributed by atoms with Crippen LogP contribution in [-0.2, 0) is 15.8 Å². The number of halogens is 3. The Hall–Kier alpha value is -3.01. The monoisotopic (exact) mass is 410 g/mol. The number of alkyl halides is 3. The van der Waals surface area contributed by atoms with Gasteiger partial charge in [0, 0.05) is 10.5 Å². The van der Waals surface area contributed by atoms with E-state index in [0.29, 0.717) is 4.90 Å². The van der Waals surface area contributed by atoms with E-state index in [-0.39, 0.29) is 23.4 Å². The fourth-order valence-electron chi connectivity index (χ4n) is 2.50. The van der Waals surface area contributed by atoms with E-state index in [1.807, 2.05) is 0 Å². The molecule has 2 aromatic rings. The van der Waals surface area contributed by atoms with E-state index in [2.05, 4.69) is 5.32 Å². The Labute approximate surface area is 161 Å². The molecule has 146 valence electrons. The van der Waals surface area contributed by atoms with Gasteiger partial charge in [-0.05, 0) is 36.4 Å². The van der Waals surface area contributed by atoms with Crippen LogP contribution in [0.3, 0.4) is 0 Å². The first-order chi connectivity index (χ1) is 13.1. The lowest BCUT2D eigenvalue weighted by Gasteiger charge is -2.24. The molecule has 10 heteroatoms. The maximum absolute atomic E-state index is 12.8. The van der Waals surface area contributed by atoms with Gasteiger partial charge in [0.05, 0.1) is 22.9 Å². The first-order valence-corrected chi connectivity index (χ1v) is 8.81. The molecule has 0 spiro atoms. The van der Waals surface area contributed by atoms with Crippen LogP contribution in [-0.4, -0.2) is 23.0 Å². The average molecular weight is 410 g/mol. The maximum Gasteiger partial charge on any atom is 0.416 e. The van der Waals surface area contributed by atoms with Crippen molar-refractivity contribution in [3.8, 4) is 5.75 Å². The number of nitrogens with two attached hydrogens (primary N) is 1. The third-order valence-electron chi connectivity index (χ3n) is 3.83. The Bertz CT molecular complexity index is 962. The summed E-state index contributed by atoms with van der Waals surface area (Å²) in [6, 6.07) is 8.69. The quantitative estimate of drug-likeness (QED) is 0.596. The second-order valence-electron chi connectivity index (χ2n) is 5.87. The standard InChI is InChI=1S/C18H13F3N2O4S/c19-18(20,21)10-4-5-13-12(7-10)23-17(26)14(28-13)8-15(24)27-11-3-1-2-9(6-11)16(22)25/h1-7,14H,8H2,(H2,22,25)(H,23,26)/t14-/m0/s1. The molecule has 0 aliphatic carbocycles. The van der Waals surface area contributed by atoms with Crippen molar-refractivity contribution in [1.82, 2.24) is 0 Å². The van der Waals surface area contributed by atoms with Gasteiger partial charge in [-0.15, -0.1) is 11.8 Å². The Morgan fingerprint density at radius 2 is 1.93 bits per heavy atom. The minimum Gasteiger partial charge on any atom is -0.426 e. The highest BCUT2D eigenvalue weighted by molar-refractivity contribution is 8.01. The number of benzene rings is 2. The molecule has 1 heterocycles. The van der Waals surface area contributed by atoms with Crippen molar-refractivity contribution in [2.24, 2.45) is 5.73 Å². The molecular formula is C18H13F3N2O4S. The van der Waals surface area contributed by atoms with Crippen LogP contribution in [0.15, 0.2) is 47.4 Å². The van der Waals surface area contributed by atoms with Gasteiger partial charge in [-0.3, -0.25) is 14.4 Å². The van der Waals surface area contributed by atoms with E-state index in [0.717, 1.165) is 23.9 Å². The lowest BCUT2D eigenvalue weighted by Crippen LogP contribution is -2.32. The molecule has 3 rings (SSSR count). The predicted molar refractivity (Wildman–Crippen MR) is 94.9 cm³/mol. The highest BCUT2D eigenvalue weighted by atomic mass is 32.2. The van der Waals surface area contributed by atoms with Crippen molar-refractivity contribution in [3.63, 3.8) is 0 Å². The number of rotatable bonds is 4. The van der Waals surface area contributed by atoms with Crippen molar-refractivity contribution >= 4 is 35.2 Å². The van der Waals surface area contributed by atoms with Crippen LogP contribution >= 0.6 is 11.8 Å². The van der Waals surface area contributed by atoms with Gasteiger partial charge in [-0.25, -0.2) is 0 Å². The zero-order chi connectivity index (χ0) is 20.5. The molecule has 2 amide bonds. The lowest BCUT2D eigenvalue weighted by atomic mass is 10.1. The molecule has 2 aromatic carbocycles. The number of ether oxygens (including phenoxy) is 1. The summed E-state index contributed by atoms with van der Waals surface area (Å²) in [6.45, 7) is 0. The van der Waals surface area contributed by atoms with E-state index in [1.165, 1.54) is 30.3 Å². The van der Waals surface area contributed by atoms with Gasteiger partial charge in [0.25, 0.3) is 0 Å². The zero-order valence-electron chi connectivity index (χ0n) is 14.1. The van der Waals surface area contributed by atoms with E-state index >= 15 is 0 Å². The summed E-state index contributed by atoms with van der Waals surface area (Å²) >= 11 is 0.977. The normalized spacial score (nSPS) is 16.1. The number of thioether (sulfide) groups is 1. The van der Waals surface area contributed by atoms with Crippen LogP contribution in [0.5, 0.6) is 5.75 Å². The molecule has 6 nitrogen and oxygen atoms in total. The third-order valence-corrected chi connectivity index (χ3v) is 5.10. The van der Waals surface area contributed by atoms with Crippen LogP contribution in [0.2, 0.25) is 0 Å². The number of hydrogen-bond acceptors (Lipinski definition) is 5. The minimum absolute atomic E-state index is 0.0450. The van der Waals surface area contributed by atoms with Gasteiger partial charge in [0.1, 0.15) is 5.75 Å². The molecule has 1 aliphatic rings. The molecule has 0 saturated heterocycles. The fraction of sp³-hybridized carbons (Fsp3) is 0.167. The highest BCUT2D eigenvalue weighted by Gasteiger charge is 2.34. The SMILES string of the molecule is NC(=O)c1cccc(OC(=O)C[C@@H]2Sc3ccc(C(F)(F)F)cc3NC2=O)c1. The van der Waals surface area contributed by atoms with E-state index in [9.17, 15) is 27.6 Å². The fourth-order valence-corrected chi connectivity index (χ4v) is 3.57. The van der Waals surface area contributed by atoms with E-state index < -0.39 is 34.8 Å². The molecule has 0 unspecified atom stereocenters. The second kappa shape index (κ2) is 7.55. The number of amides is 2.